The van der Waals surface area contributed by atoms with Crippen molar-refractivity contribution in [3.8, 4) is 0 Å². The highest BCUT2D eigenvalue weighted by Crippen LogP contribution is 2.19. The Labute approximate surface area is 86.1 Å². The van der Waals surface area contributed by atoms with Crippen molar-refractivity contribution in [1.82, 2.24) is 4.98 Å². The molecule has 12 heavy (non-hydrogen) atoms. The molecule has 0 aromatic carbocycles. The zero-order valence-corrected chi connectivity index (χ0v) is 9.09. The Morgan fingerprint density at radius 1 is 1.58 bits per heavy atom. The number of aromatic nitrogens is 1. The summed E-state index contributed by atoms with van der Waals surface area (Å²) in [6, 6.07) is 1.68. The average Bonchev–Trinajstić information content (AvgIpc) is 1.96. The van der Waals surface area contributed by atoms with Gasteiger partial charge in [0.15, 0.2) is 0 Å². The first-order valence-corrected chi connectivity index (χ1v) is 4.70. The number of nitrogens with zero attached hydrogens (tertiary/aromatic N) is 1. The molecule has 0 aliphatic heterocycles. The maximum absolute atomic E-state index is 10.4. The van der Waals surface area contributed by atoms with E-state index >= 15 is 0 Å². The highest BCUT2D eigenvalue weighted by atomic mass is 79.9. The van der Waals surface area contributed by atoms with Crippen molar-refractivity contribution in [2.75, 3.05) is 0 Å². The molecule has 1 rings (SSSR count). The Bertz CT molecular complexity index is 314. The molecule has 1 aromatic heterocycles. The average molecular weight is 295 g/mol. The van der Waals surface area contributed by atoms with Crippen LogP contribution in [-0.2, 0) is 11.2 Å². The number of carboxylic acid groups (broad SMARTS) is 1. The Morgan fingerprint density at radius 3 is 2.83 bits per heavy atom. The molecule has 0 fully saturated rings. The summed E-state index contributed by atoms with van der Waals surface area (Å²) in [5, 5.41) is 8.53. The van der Waals surface area contributed by atoms with Crippen LogP contribution in [-0.4, -0.2) is 16.1 Å². The fraction of sp³-hybridized carbons (Fsp3) is 0.143. The van der Waals surface area contributed by atoms with Gasteiger partial charge in [-0.05, 0) is 43.5 Å². The first-order chi connectivity index (χ1) is 5.59. The van der Waals surface area contributed by atoms with Crippen LogP contribution < -0.4 is 0 Å². The van der Waals surface area contributed by atoms with Crippen LogP contribution in [0.1, 0.15) is 5.56 Å². The number of hydrogen-bond donors (Lipinski definition) is 1. The standard InChI is InChI=1S/C7H5Br2NO2/c8-5-3-10-6(9)1-4(5)2-7(11)12/h1,3H,2H2,(H,11,12). The molecule has 1 heterocycles. The van der Waals surface area contributed by atoms with Crippen LogP contribution in [0.3, 0.4) is 0 Å². The number of halogens is 2. The lowest BCUT2D eigenvalue weighted by atomic mass is 10.2. The number of hydrogen-bond acceptors (Lipinski definition) is 2. The molecule has 0 spiro atoms. The summed E-state index contributed by atoms with van der Waals surface area (Å²) in [6.45, 7) is 0. The largest absolute Gasteiger partial charge is 0.481 e. The third-order valence-corrected chi connectivity index (χ3v) is 2.39. The van der Waals surface area contributed by atoms with Gasteiger partial charge in [0, 0.05) is 10.7 Å². The van der Waals surface area contributed by atoms with E-state index in [1.807, 2.05) is 0 Å². The van der Waals surface area contributed by atoms with E-state index in [2.05, 4.69) is 36.8 Å². The molecule has 0 aliphatic carbocycles. The van der Waals surface area contributed by atoms with Crippen molar-refractivity contribution in [1.29, 1.82) is 0 Å². The van der Waals surface area contributed by atoms with Crippen LogP contribution >= 0.6 is 31.9 Å². The number of pyridine rings is 1. The van der Waals surface area contributed by atoms with Gasteiger partial charge >= 0.3 is 5.97 Å². The van der Waals surface area contributed by atoms with Gasteiger partial charge in [-0.2, -0.15) is 0 Å². The lowest BCUT2D eigenvalue weighted by molar-refractivity contribution is -0.136. The molecule has 0 radical (unpaired) electrons. The summed E-state index contributed by atoms with van der Waals surface area (Å²) in [4.78, 5) is 14.3. The first-order valence-electron chi connectivity index (χ1n) is 3.11. The zero-order valence-electron chi connectivity index (χ0n) is 5.92. The zero-order chi connectivity index (χ0) is 9.14. The number of carbonyl (C=O) groups is 1. The first kappa shape index (κ1) is 9.67. The highest BCUT2D eigenvalue weighted by Gasteiger charge is 2.05. The molecule has 0 bridgehead atoms. The molecule has 5 heteroatoms. The molecule has 0 aliphatic rings. The predicted molar refractivity (Wildman–Crippen MR) is 51.0 cm³/mol. The third-order valence-electron chi connectivity index (χ3n) is 1.24. The molecule has 64 valence electrons. The lowest BCUT2D eigenvalue weighted by Crippen LogP contribution is -2.01. The predicted octanol–water partition coefficient (Wildman–Crippen LogP) is 2.23. The van der Waals surface area contributed by atoms with Gasteiger partial charge in [-0.3, -0.25) is 4.79 Å². The Balaban J connectivity index is 2.97. The second kappa shape index (κ2) is 4.00. The van der Waals surface area contributed by atoms with Crippen LogP contribution in [0.2, 0.25) is 0 Å². The van der Waals surface area contributed by atoms with E-state index in [4.69, 9.17) is 5.11 Å². The van der Waals surface area contributed by atoms with Crippen molar-refractivity contribution < 1.29 is 9.90 Å². The van der Waals surface area contributed by atoms with E-state index in [1.165, 1.54) is 0 Å². The second-order valence-electron chi connectivity index (χ2n) is 2.17. The summed E-state index contributed by atoms with van der Waals surface area (Å²) in [6.07, 6.45) is 1.57. The molecular formula is C7H5Br2NO2. The summed E-state index contributed by atoms with van der Waals surface area (Å²) in [5.74, 6) is -0.853. The van der Waals surface area contributed by atoms with Crippen LogP contribution in [0.15, 0.2) is 21.3 Å². The monoisotopic (exact) mass is 293 g/mol. The fourth-order valence-electron chi connectivity index (χ4n) is 0.750. The van der Waals surface area contributed by atoms with Gasteiger partial charge in [0.25, 0.3) is 0 Å². The number of carboxylic acids is 1. The Morgan fingerprint density at radius 2 is 2.25 bits per heavy atom. The van der Waals surface area contributed by atoms with E-state index in [-0.39, 0.29) is 6.42 Å². The maximum atomic E-state index is 10.4. The Kier molecular flexibility index (Phi) is 3.22. The molecule has 0 amide bonds. The molecule has 3 nitrogen and oxygen atoms in total. The van der Waals surface area contributed by atoms with Gasteiger partial charge < -0.3 is 5.11 Å². The molecule has 0 saturated heterocycles. The quantitative estimate of drug-likeness (QED) is 0.851. The summed E-state index contributed by atoms with van der Waals surface area (Å²) in [7, 11) is 0. The van der Waals surface area contributed by atoms with Gasteiger partial charge in [-0.15, -0.1) is 0 Å². The molecule has 1 N–H and O–H groups in total. The van der Waals surface area contributed by atoms with Gasteiger partial charge in [-0.25, -0.2) is 4.98 Å². The minimum absolute atomic E-state index is 0.00169. The molecule has 1 aromatic rings. The van der Waals surface area contributed by atoms with Gasteiger partial charge in [0.1, 0.15) is 4.60 Å². The molecular weight excluding hydrogens is 290 g/mol. The third kappa shape index (κ3) is 2.57. The molecule has 0 unspecified atom stereocenters. The molecule has 0 saturated carbocycles. The SMILES string of the molecule is O=C(O)Cc1cc(Br)ncc1Br. The topological polar surface area (TPSA) is 50.2 Å². The van der Waals surface area contributed by atoms with E-state index < -0.39 is 5.97 Å². The second-order valence-corrected chi connectivity index (χ2v) is 3.84. The lowest BCUT2D eigenvalue weighted by Gasteiger charge is -2.00. The van der Waals surface area contributed by atoms with Crippen molar-refractivity contribution in [3.63, 3.8) is 0 Å². The minimum atomic E-state index is -0.853. The number of aliphatic carboxylic acids is 1. The van der Waals surface area contributed by atoms with Gasteiger partial charge in [0.05, 0.1) is 6.42 Å². The van der Waals surface area contributed by atoms with E-state index in [0.29, 0.717) is 14.6 Å². The summed E-state index contributed by atoms with van der Waals surface area (Å²) < 4.78 is 1.36. The van der Waals surface area contributed by atoms with Crippen LogP contribution in [0.4, 0.5) is 0 Å². The number of rotatable bonds is 2. The van der Waals surface area contributed by atoms with Crippen LogP contribution in [0.25, 0.3) is 0 Å². The van der Waals surface area contributed by atoms with Crippen LogP contribution in [0.5, 0.6) is 0 Å². The van der Waals surface area contributed by atoms with E-state index in [0.717, 1.165) is 0 Å². The van der Waals surface area contributed by atoms with Gasteiger partial charge in [-0.1, -0.05) is 0 Å². The van der Waals surface area contributed by atoms with E-state index in [1.54, 1.807) is 12.3 Å². The smallest absolute Gasteiger partial charge is 0.307 e. The van der Waals surface area contributed by atoms with E-state index in [9.17, 15) is 4.79 Å². The molecule has 0 atom stereocenters. The summed E-state index contributed by atoms with van der Waals surface area (Å²) >= 11 is 6.37. The van der Waals surface area contributed by atoms with Crippen molar-refractivity contribution in [3.05, 3.63) is 26.9 Å². The highest BCUT2D eigenvalue weighted by molar-refractivity contribution is 9.11. The minimum Gasteiger partial charge on any atom is -0.481 e. The van der Waals surface area contributed by atoms with Crippen molar-refractivity contribution in [2.24, 2.45) is 0 Å². The van der Waals surface area contributed by atoms with Crippen molar-refractivity contribution in [2.45, 2.75) is 6.42 Å². The van der Waals surface area contributed by atoms with Crippen molar-refractivity contribution >= 4 is 37.8 Å². The van der Waals surface area contributed by atoms with Crippen LogP contribution in [0, 0.1) is 0 Å². The normalized spacial score (nSPS) is 9.83. The fourth-order valence-corrected chi connectivity index (χ4v) is 1.49. The summed E-state index contributed by atoms with van der Waals surface area (Å²) in [5.41, 5.74) is 0.712. The Hall–Kier alpha value is -0.420. The van der Waals surface area contributed by atoms with Gasteiger partial charge in [0.2, 0.25) is 0 Å². The maximum Gasteiger partial charge on any atom is 0.307 e.